The number of aryl methyl sites for hydroxylation is 2. The fourth-order valence-corrected chi connectivity index (χ4v) is 5.67. The molecule has 7 nitrogen and oxygen atoms in total. The number of nitrogens with zero attached hydrogens (tertiary/aromatic N) is 2. The number of rotatable bonds is 4. The van der Waals surface area contributed by atoms with E-state index in [0.29, 0.717) is 29.7 Å². The van der Waals surface area contributed by atoms with Gasteiger partial charge in [0.05, 0.1) is 24.0 Å². The second kappa shape index (κ2) is 6.33. The minimum Gasteiger partial charge on any atom is -0.374 e. The van der Waals surface area contributed by atoms with E-state index >= 15 is 0 Å². The summed E-state index contributed by atoms with van der Waals surface area (Å²) in [5, 5.41) is 3.92. The molecule has 0 bridgehead atoms. The monoisotopic (exact) mass is 357 g/mol. The molecule has 2 aromatic rings. The Bertz CT molecular complexity index is 777. The highest BCUT2D eigenvalue weighted by atomic mass is 32.2. The normalized spacial score (nSPS) is 20.0. The van der Waals surface area contributed by atoms with E-state index in [4.69, 9.17) is 15.0 Å². The van der Waals surface area contributed by atoms with Crippen molar-refractivity contribution in [3.63, 3.8) is 0 Å². The van der Waals surface area contributed by atoms with Crippen molar-refractivity contribution in [2.45, 2.75) is 24.2 Å². The largest absolute Gasteiger partial charge is 0.374 e. The van der Waals surface area contributed by atoms with Gasteiger partial charge >= 0.3 is 0 Å². The average Bonchev–Trinajstić information content (AvgIpc) is 3.14. The van der Waals surface area contributed by atoms with E-state index in [-0.39, 0.29) is 12.6 Å². The van der Waals surface area contributed by atoms with Gasteiger partial charge in [-0.05, 0) is 26.0 Å². The molecule has 1 fully saturated rings. The number of thiophene rings is 1. The number of sulfonamides is 1. The number of nitrogens with two attached hydrogens (primary N) is 1. The van der Waals surface area contributed by atoms with Gasteiger partial charge in [0.1, 0.15) is 9.97 Å². The number of hydrogen-bond acceptors (Lipinski definition) is 7. The summed E-state index contributed by atoms with van der Waals surface area (Å²) in [7, 11) is -3.54. The lowest BCUT2D eigenvalue weighted by Crippen LogP contribution is -2.47. The lowest BCUT2D eigenvalue weighted by molar-refractivity contribution is 0.00456. The third-order valence-corrected chi connectivity index (χ3v) is 7.25. The van der Waals surface area contributed by atoms with Crippen LogP contribution in [0.15, 0.2) is 20.9 Å². The number of morpholine rings is 1. The van der Waals surface area contributed by atoms with Crippen molar-refractivity contribution in [2.24, 2.45) is 5.73 Å². The molecular formula is C14H19N3O4S2. The van der Waals surface area contributed by atoms with Gasteiger partial charge in [-0.25, -0.2) is 8.42 Å². The Kier molecular flexibility index (Phi) is 4.56. The summed E-state index contributed by atoms with van der Waals surface area (Å²) < 4.78 is 37.9. The molecule has 2 aromatic heterocycles. The molecule has 0 radical (unpaired) electrons. The molecule has 0 amide bonds. The molecule has 3 rings (SSSR count). The van der Waals surface area contributed by atoms with Crippen LogP contribution in [0.25, 0.3) is 10.4 Å². The minimum atomic E-state index is -3.54. The van der Waals surface area contributed by atoms with Crippen molar-refractivity contribution >= 4 is 21.4 Å². The van der Waals surface area contributed by atoms with Crippen LogP contribution in [0.2, 0.25) is 0 Å². The summed E-state index contributed by atoms with van der Waals surface area (Å²) in [6.07, 6.45) is -0.250. The third kappa shape index (κ3) is 3.07. The van der Waals surface area contributed by atoms with Crippen molar-refractivity contribution < 1.29 is 17.7 Å². The zero-order chi connectivity index (χ0) is 16.6. The van der Waals surface area contributed by atoms with E-state index in [1.807, 2.05) is 13.8 Å². The Morgan fingerprint density at radius 2 is 2.22 bits per heavy atom. The molecule has 1 aliphatic heterocycles. The van der Waals surface area contributed by atoms with Crippen molar-refractivity contribution in [2.75, 3.05) is 26.2 Å². The molecule has 9 heteroatoms. The van der Waals surface area contributed by atoms with Crippen LogP contribution in [0.5, 0.6) is 0 Å². The maximum Gasteiger partial charge on any atom is 0.252 e. The quantitative estimate of drug-likeness (QED) is 0.887. The molecule has 126 valence electrons. The summed E-state index contributed by atoms with van der Waals surface area (Å²) in [6.45, 7) is 4.96. The molecule has 0 saturated carbocycles. The second-order valence-corrected chi connectivity index (χ2v) is 8.66. The summed E-state index contributed by atoms with van der Waals surface area (Å²) in [6, 6.07) is 3.43. The minimum absolute atomic E-state index is 0.250. The van der Waals surface area contributed by atoms with Gasteiger partial charge in [-0.15, -0.1) is 11.3 Å². The van der Waals surface area contributed by atoms with E-state index in [2.05, 4.69) is 5.16 Å². The predicted molar refractivity (Wildman–Crippen MR) is 86.8 cm³/mol. The standard InChI is InChI=1S/C14H19N3O4S2/c1-9-14(10(2)21-16-9)12-3-4-13(22-12)23(18,19)17-5-6-20-11(7-15)8-17/h3-4,11H,5-8,15H2,1-2H3. The highest BCUT2D eigenvalue weighted by Gasteiger charge is 2.31. The SMILES string of the molecule is Cc1noc(C)c1-c1ccc(S(=O)(=O)N2CCOC(CN)C2)s1. The maximum atomic E-state index is 12.8. The molecule has 1 aliphatic rings. The van der Waals surface area contributed by atoms with Crippen LogP contribution in [-0.2, 0) is 14.8 Å². The van der Waals surface area contributed by atoms with Gasteiger partial charge in [0, 0.05) is 24.5 Å². The summed E-state index contributed by atoms with van der Waals surface area (Å²) >= 11 is 1.23. The number of ether oxygens (including phenoxy) is 1. The van der Waals surface area contributed by atoms with Crippen LogP contribution in [-0.4, -0.2) is 50.2 Å². The first-order valence-electron chi connectivity index (χ1n) is 7.28. The van der Waals surface area contributed by atoms with E-state index in [1.165, 1.54) is 15.6 Å². The lowest BCUT2D eigenvalue weighted by atomic mass is 10.2. The second-order valence-electron chi connectivity index (χ2n) is 5.41. The predicted octanol–water partition coefficient (Wildman–Crippen LogP) is 1.37. The van der Waals surface area contributed by atoms with Crippen molar-refractivity contribution in [3.05, 3.63) is 23.6 Å². The average molecular weight is 357 g/mol. The van der Waals surface area contributed by atoms with Gasteiger partial charge in [-0.2, -0.15) is 4.31 Å². The van der Waals surface area contributed by atoms with Gasteiger partial charge in [-0.3, -0.25) is 0 Å². The van der Waals surface area contributed by atoms with Gasteiger partial charge in [-0.1, -0.05) is 5.16 Å². The first-order valence-corrected chi connectivity index (χ1v) is 9.54. The highest BCUT2D eigenvalue weighted by molar-refractivity contribution is 7.91. The fraction of sp³-hybridized carbons (Fsp3) is 0.500. The van der Waals surface area contributed by atoms with E-state index in [9.17, 15) is 8.42 Å². The molecule has 1 atom stereocenters. The zero-order valence-corrected chi connectivity index (χ0v) is 14.6. The first kappa shape index (κ1) is 16.6. The number of hydrogen-bond donors (Lipinski definition) is 1. The van der Waals surface area contributed by atoms with Crippen LogP contribution >= 0.6 is 11.3 Å². The van der Waals surface area contributed by atoms with Gasteiger partial charge < -0.3 is 15.0 Å². The zero-order valence-electron chi connectivity index (χ0n) is 13.0. The van der Waals surface area contributed by atoms with E-state index in [0.717, 1.165) is 16.1 Å². The van der Waals surface area contributed by atoms with E-state index < -0.39 is 10.0 Å². The van der Waals surface area contributed by atoms with Crippen LogP contribution in [0.4, 0.5) is 0 Å². The lowest BCUT2D eigenvalue weighted by Gasteiger charge is -2.31. The highest BCUT2D eigenvalue weighted by Crippen LogP contribution is 2.36. The van der Waals surface area contributed by atoms with Crippen molar-refractivity contribution in [3.8, 4) is 10.4 Å². The van der Waals surface area contributed by atoms with Gasteiger partial charge in [0.25, 0.3) is 10.0 Å². The Morgan fingerprint density at radius 1 is 1.43 bits per heavy atom. The fourth-order valence-electron chi connectivity index (χ4n) is 2.61. The molecule has 0 aromatic carbocycles. The summed E-state index contributed by atoms with van der Waals surface area (Å²) in [5.41, 5.74) is 7.20. The molecule has 23 heavy (non-hydrogen) atoms. The maximum absolute atomic E-state index is 12.8. The van der Waals surface area contributed by atoms with Crippen LogP contribution in [0, 0.1) is 13.8 Å². The first-order chi connectivity index (χ1) is 10.9. The molecule has 2 N–H and O–H groups in total. The molecule has 0 spiro atoms. The smallest absolute Gasteiger partial charge is 0.252 e. The topological polar surface area (TPSA) is 98.7 Å². The molecular weight excluding hydrogens is 338 g/mol. The molecule has 1 saturated heterocycles. The van der Waals surface area contributed by atoms with Crippen molar-refractivity contribution in [1.82, 2.24) is 9.46 Å². The Labute approximate surface area is 139 Å². The molecule has 3 heterocycles. The van der Waals surface area contributed by atoms with Crippen molar-refractivity contribution in [1.29, 1.82) is 0 Å². The Balaban J connectivity index is 1.90. The number of aromatic nitrogens is 1. The van der Waals surface area contributed by atoms with Gasteiger partial charge in [0.2, 0.25) is 0 Å². The third-order valence-electron chi connectivity index (χ3n) is 3.82. The molecule has 0 aliphatic carbocycles. The molecule has 1 unspecified atom stereocenters. The van der Waals surface area contributed by atoms with Crippen LogP contribution in [0.1, 0.15) is 11.5 Å². The Hall–Kier alpha value is -1.26. The van der Waals surface area contributed by atoms with Gasteiger partial charge in [0.15, 0.2) is 0 Å². The van der Waals surface area contributed by atoms with E-state index in [1.54, 1.807) is 12.1 Å². The summed E-state index contributed by atoms with van der Waals surface area (Å²) in [4.78, 5) is 0.837. The van der Waals surface area contributed by atoms with Crippen LogP contribution < -0.4 is 5.73 Å². The Morgan fingerprint density at radius 3 is 2.87 bits per heavy atom. The summed E-state index contributed by atoms with van der Waals surface area (Å²) in [5.74, 6) is 0.683. The van der Waals surface area contributed by atoms with Crippen LogP contribution in [0.3, 0.4) is 0 Å².